The standard InChI is InChI=1S/C33H36NO2.C8H18.2BrH/c35-33(30-11-3-1-4-12-30,31-13-5-2-6-14-31)32-17-20-34(21-18-32,22-19-32)23-24-36-26-27-15-16-28-9-7-8-10-29(28)25-27;1-3-5-7-8-6-4-2;;/h1-16,25,35H,17-24,26H2;3-8H2,1-2H3;2*1H/q+1;;;/p-1. The number of hydrogen-bond donors (Lipinski definition) is 1. The molecule has 0 spiro atoms. The number of hydrogen-bond acceptors (Lipinski definition) is 2. The zero-order valence-electron chi connectivity index (χ0n) is 28.0. The van der Waals surface area contributed by atoms with Crippen LogP contribution in [0.25, 0.3) is 10.8 Å². The van der Waals surface area contributed by atoms with Crippen LogP contribution < -0.4 is 17.0 Å². The van der Waals surface area contributed by atoms with Gasteiger partial charge in [-0.1, -0.05) is 149 Å². The topological polar surface area (TPSA) is 29.5 Å². The number of aliphatic hydroxyl groups is 1. The third-order valence-corrected chi connectivity index (χ3v) is 10.6. The van der Waals surface area contributed by atoms with E-state index in [2.05, 4.69) is 105 Å². The monoisotopic (exact) mass is 751 g/mol. The summed E-state index contributed by atoms with van der Waals surface area (Å²) >= 11 is 0. The second-order valence-corrected chi connectivity index (χ2v) is 13.4. The highest BCUT2D eigenvalue weighted by Gasteiger charge is 2.60. The minimum Gasteiger partial charge on any atom is -1.00 e. The van der Waals surface area contributed by atoms with Gasteiger partial charge in [-0.05, 0) is 33.5 Å². The Morgan fingerprint density at radius 1 is 0.674 bits per heavy atom. The van der Waals surface area contributed by atoms with Crippen LogP contribution in [0.4, 0.5) is 0 Å². The zero-order valence-corrected chi connectivity index (χ0v) is 31.3. The first-order valence-corrected chi connectivity index (χ1v) is 17.3. The van der Waals surface area contributed by atoms with E-state index in [1.165, 1.54) is 54.9 Å². The quantitative estimate of drug-likeness (QED) is 0.115. The predicted octanol–water partition coefficient (Wildman–Crippen LogP) is 7.24. The molecule has 4 aromatic carbocycles. The fourth-order valence-corrected chi connectivity index (χ4v) is 7.71. The molecule has 3 fully saturated rings. The number of unbranched alkanes of at least 4 members (excludes halogenated alkanes) is 5. The number of ether oxygens (including phenoxy) is 1. The lowest BCUT2D eigenvalue weighted by molar-refractivity contribution is -0.946. The highest BCUT2D eigenvalue weighted by atomic mass is 79.9. The Balaban J connectivity index is 0.000000514. The van der Waals surface area contributed by atoms with Gasteiger partial charge < -0.3 is 31.3 Å². The van der Waals surface area contributed by atoms with Crippen LogP contribution in [0.3, 0.4) is 0 Å². The normalized spacial score (nSPS) is 20.2. The van der Waals surface area contributed by atoms with Gasteiger partial charge in [0.25, 0.3) is 0 Å². The molecule has 5 heteroatoms. The number of halogens is 2. The van der Waals surface area contributed by atoms with Gasteiger partial charge in [-0.15, -0.1) is 17.0 Å². The molecule has 3 heterocycles. The summed E-state index contributed by atoms with van der Waals surface area (Å²) in [7, 11) is 0. The van der Waals surface area contributed by atoms with Crippen molar-refractivity contribution in [2.24, 2.45) is 5.41 Å². The maximum atomic E-state index is 12.5. The van der Waals surface area contributed by atoms with E-state index >= 15 is 0 Å². The average molecular weight is 754 g/mol. The summed E-state index contributed by atoms with van der Waals surface area (Å²) in [5, 5.41) is 15.1. The van der Waals surface area contributed by atoms with Crippen molar-refractivity contribution in [1.82, 2.24) is 0 Å². The van der Waals surface area contributed by atoms with Crippen LogP contribution in [0.5, 0.6) is 0 Å². The van der Waals surface area contributed by atoms with Crippen molar-refractivity contribution in [2.75, 3.05) is 32.8 Å². The Bertz CT molecular complexity index is 1360. The molecule has 0 amide bonds. The van der Waals surface area contributed by atoms with Crippen LogP contribution in [-0.4, -0.2) is 42.4 Å². The zero-order chi connectivity index (χ0) is 30.7. The number of nitrogens with zero attached hydrogens (tertiary/aromatic N) is 1. The lowest BCUT2D eigenvalue weighted by Gasteiger charge is -2.60. The van der Waals surface area contributed by atoms with E-state index in [1.807, 2.05) is 12.1 Å². The van der Waals surface area contributed by atoms with Crippen LogP contribution >= 0.6 is 17.0 Å². The maximum absolute atomic E-state index is 12.5. The summed E-state index contributed by atoms with van der Waals surface area (Å²) in [5.74, 6) is 0. The van der Waals surface area contributed by atoms with Crippen molar-refractivity contribution in [2.45, 2.75) is 83.8 Å². The van der Waals surface area contributed by atoms with Gasteiger partial charge in [0, 0.05) is 24.7 Å². The third-order valence-electron chi connectivity index (χ3n) is 10.6. The van der Waals surface area contributed by atoms with Gasteiger partial charge in [0.05, 0.1) is 32.8 Å². The van der Waals surface area contributed by atoms with E-state index in [9.17, 15) is 5.11 Å². The lowest BCUT2D eigenvalue weighted by atomic mass is 9.56. The fourth-order valence-electron chi connectivity index (χ4n) is 7.71. The van der Waals surface area contributed by atoms with E-state index in [-0.39, 0.29) is 39.4 Å². The molecule has 3 aliphatic heterocycles. The molecule has 0 atom stereocenters. The van der Waals surface area contributed by atoms with Gasteiger partial charge in [0.1, 0.15) is 12.1 Å². The third kappa shape index (κ3) is 8.90. The van der Waals surface area contributed by atoms with Crippen molar-refractivity contribution in [3.63, 3.8) is 0 Å². The summed E-state index contributed by atoms with van der Waals surface area (Å²) in [6.45, 7) is 10.3. The maximum Gasteiger partial charge on any atom is 0.121 e. The van der Waals surface area contributed by atoms with E-state index in [1.54, 1.807) is 0 Å². The van der Waals surface area contributed by atoms with Crippen LogP contribution in [0.2, 0.25) is 0 Å². The molecule has 0 saturated carbocycles. The highest BCUT2D eigenvalue weighted by molar-refractivity contribution is 8.93. The molecule has 0 aromatic heterocycles. The minimum atomic E-state index is -0.960. The van der Waals surface area contributed by atoms with E-state index in [0.717, 1.165) is 67.7 Å². The minimum absolute atomic E-state index is 0. The molecule has 2 bridgehead atoms. The highest BCUT2D eigenvalue weighted by Crippen LogP contribution is 2.57. The van der Waals surface area contributed by atoms with E-state index in [0.29, 0.717) is 6.61 Å². The van der Waals surface area contributed by atoms with Crippen molar-refractivity contribution in [3.05, 3.63) is 120 Å². The Kier molecular flexibility index (Phi) is 15.5. The van der Waals surface area contributed by atoms with E-state index in [4.69, 9.17) is 4.74 Å². The summed E-state index contributed by atoms with van der Waals surface area (Å²) in [4.78, 5) is 0. The first kappa shape index (κ1) is 38.4. The van der Waals surface area contributed by atoms with Crippen LogP contribution in [-0.2, 0) is 16.9 Å². The van der Waals surface area contributed by atoms with Crippen LogP contribution in [0.15, 0.2) is 103 Å². The molecule has 3 saturated heterocycles. The first-order valence-electron chi connectivity index (χ1n) is 17.3. The number of rotatable bonds is 13. The SMILES string of the molecule is Br.CCCCCCCC.OC(c1ccccc1)(c1ccccc1)C12CC[N+](CCOCc3ccc4ccccc4c3)(CC1)CC2.[Br-]. The second-order valence-electron chi connectivity index (χ2n) is 13.4. The molecule has 3 nitrogen and oxygen atoms in total. The smallest absolute Gasteiger partial charge is 0.121 e. The van der Waals surface area contributed by atoms with Crippen molar-refractivity contribution < 1.29 is 31.3 Å². The molecule has 3 aliphatic rings. The van der Waals surface area contributed by atoms with Gasteiger partial charge in [-0.3, -0.25) is 0 Å². The molecule has 0 aliphatic carbocycles. The van der Waals surface area contributed by atoms with Crippen LogP contribution in [0.1, 0.15) is 88.3 Å². The molecular formula is C41H55Br2NO2. The Morgan fingerprint density at radius 2 is 1.17 bits per heavy atom. The molecule has 4 aromatic rings. The molecular weight excluding hydrogens is 698 g/mol. The van der Waals surface area contributed by atoms with Crippen LogP contribution in [0, 0.1) is 5.41 Å². The van der Waals surface area contributed by atoms with Gasteiger partial charge in [0.15, 0.2) is 0 Å². The molecule has 0 radical (unpaired) electrons. The van der Waals surface area contributed by atoms with Gasteiger partial charge in [-0.2, -0.15) is 0 Å². The lowest BCUT2D eigenvalue weighted by Crippen LogP contribution is -3.00. The van der Waals surface area contributed by atoms with Gasteiger partial charge in [0.2, 0.25) is 0 Å². The summed E-state index contributed by atoms with van der Waals surface area (Å²) < 4.78 is 7.31. The average Bonchev–Trinajstić information content (AvgIpc) is 3.10. The fraction of sp³-hybridized carbons (Fsp3) is 0.463. The van der Waals surface area contributed by atoms with Crippen molar-refractivity contribution >= 4 is 27.8 Å². The summed E-state index contributed by atoms with van der Waals surface area (Å²) in [6, 6.07) is 35.8. The summed E-state index contributed by atoms with van der Waals surface area (Å²) in [5.41, 5.74) is 2.20. The molecule has 0 unspecified atom stereocenters. The second kappa shape index (κ2) is 18.5. The van der Waals surface area contributed by atoms with Crippen molar-refractivity contribution in [3.8, 4) is 0 Å². The van der Waals surface area contributed by atoms with Crippen molar-refractivity contribution in [1.29, 1.82) is 0 Å². The number of quaternary nitrogens is 1. The Morgan fingerprint density at radius 3 is 1.70 bits per heavy atom. The van der Waals surface area contributed by atoms with Gasteiger partial charge >= 0.3 is 0 Å². The predicted molar refractivity (Wildman–Crippen MR) is 195 cm³/mol. The number of fused-ring (bicyclic) bond motifs is 4. The Labute approximate surface area is 299 Å². The van der Waals surface area contributed by atoms with E-state index < -0.39 is 5.60 Å². The molecule has 250 valence electrons. The summed E-state index contributed by atoms with van der Waals surface area (Å²) in [6.07, 6.45) is 11.6. The molecule has 1 N–H and O–H groups in total. The van der Waals surface area contributed by atoms with Gasteiger partial charge in [-0.25, -0.2) is 0 Å². The first-order chi connectivity index (χ1) is 21.5. The Hall–Kier alpha value is -2.02. The molecule has 7 rings (SSSR count). The number of piperidine rings is 3. The number of benzene rings is 4. The molecule has 46 heavy (non-hydrogen) atoms. The largest absolute Gasteiger partial charge is 1.00 e.